The second-order valence-corrected chi connectivity index (χ2v) is 1.10. The first-order valence-corrected chi connectivity index (χ1v) is 2.14. The van der Waals surface area contributed by atoms with Gasteiger partial charge in [-0.3, -0.25) is 9.89 Å². The van der Waals surface area contributed by atoms with Gasteiger partial charge in [-0.1, -0.05) is 0 Å². The fourth-order valence-corrected chi connectivity index (χ4v) is 0.272. The highest BCUT2D eigenvalue weighted by Crippen LogP contribution is 1.86. The number of aromatic amines is 1. The number of nitrogens with zero attached hydrogens (tertiary/aromatic N) is 1. The zero-order valence-corrected chi connectivity index (χ0v) is 4.61. The van der Waals surface area contributed by atoms with Gasteiger partial charge in [0.1, 0.15) is 5.82 Å². The lowest BCUT2D eigenvalue weighted by molar-refractivity contribution is -0.122. The molecule has 1 aromatic rings. The Labute approximate surface area is 51.5 Å². The lowest BCUT2D eigenvalue weighted by Gasteiger charge is -1.67. The van der Waals surface area contributed by atoms with Crippen molar-refractivity contribution >= 4 is 12.3 Å². The summed E-state index contributed by atoms with van der Waals surface area (Å²) in [4.78, 5) is 8.36. The molecule has 0 aromatic carbocycles. The van der Waals surface area contributed by atoms with E-state index in [2.05, 4.69) is 10.2 Å². The first kappa shape index (κ1) is 7.48. The van der Waals surface area contributed by atoms with Gasteiger partial charge in [0.2, 0.25) is 0 Å². The monoisotopic (exact) mass is 129 g/mol. The van der Waals surface area contributed by atoms with Crippen molar-refractivity contribution in [3.63, 3.8) is 0 Å². The van der Waals surface area contributed by atoms with Crippen LogP contribution in [-0.2, 0) is 4.79 Å². The Morgan fingerprint density at radius 1 is 1.89 bits per heavy atom. The van der Waals surface area contributed by atoms with Crippen LogP contribution < -0.4 is 5.73 Å². The number of aromatic nitrogens is 2. The molecule has 1 aromatic heterocycles. The smallest absolute Gasteiger partial charge is 0.290 e. The molecule has 0 aliphatic carbocycles. The summed E-state index contributed by atoms with van der Waals surface area (Å²) in [5.74, 6) is 0.537. The minimum Gasteiger partial charge on any atom is -0.483 e. The molecule has 0 fully saturated rings. The molecular weight excluding hydrogens is 122 g/mol. The molecule has 4 N–H and O–H groups in total. The maximum absolute atomic E-state index is 8.36. The van der Waals surface area contributed by atoms with Gasteiger partial charge in [-0.05, 0) is 6.07 Å². The van der Waals surface area contributed by atoms with Crippen LogP contribution in [0.3, 0.4) is 0 Å². The Hall–Kier alpha value is -1.52. The summed E-state index contributed by atoms with van der Waals surface area (Å²) in [6, 6.07) is 1.69. The third kappa shape index (κ3) is 4.33. The van der Waals surface area contributed by atoms with Gasteiger partial charge in [0.25, 0.3) is 6.47 Å². The van der Waals surface area contributed by atoms with Crippen LogP contribution in [-0.4, -0.2) is 21.8 Å². The summed E-state index contributed by atoms with van der Waals surface area (Å²) in [7, 11) is 0. The molecule has 0 radical (unpaired) electrons. The SMILES string of the molecule is Nc1cc[nH]n1.O=CO. The third-order valence-corrected chi connectivity index (χ3v) is 0.522. The van der Waals surface area contributed by atoms with Crippen molar-refractivity contribution < 1.29 is 9.90 Å². The number of H-pyrrole nitrogens is 1. The predicted octanol–water partition coefficient (Wildman–Crippen LogP) is -0.307. The molecule has 0 atom stereocenters. The summed E-state index contributed by atoms with van der Waals surface area (Å²) >= 11 is 0. The Kier molecular flexibility index (Phi) is 3.85. The van der Waals surface area contributed by atoms with Crippen LogP contribution in [0.1, 0.15) is 0 Å². The maximum atomic E-state index is 8.36. The zero-order valence-electron chi connectivity index (χ0n) is 4.61. The van der Waals surface area contributed by atoms with Crippen LogP contribution in [0.25, 0.3) is 0 Å². The fourth-order valence-electron chi connectivity index (χ4n) is 0.272. The van der Waals surface area contributed by atoms with Crippen LogP contribution in [0.5, 0.6) is 0 Å². The van der Waals surface area contributed by atoms with E-state index in [1.54, 1.807) is 12.3 Å². The van der Waals surface area contributed by atoms with Crippen molar-refractivity contribution in [2.45, 2.75) is 0 Å². The van der Waals surface area contributed by atoms with Gasteiger partial charge in [0.05, 0.1) is 0 Å². The second-order valence-electron chi connectivity index (χ2n) is 1.10. The number of carbonyl (C=O) groups is 1. The molecule has 0 spiro atoms. The minimum atomic E-state index is -0.250. The van der Waals surface area contributed by atoms with E-state index in [9.17, 15) is 0 Å². The van der Waals surface area contributed by atoms with E-state index in [1.807, 2.05) is 0 Å². The fraction of sp³-hybridized carbons (Fsp3) is 0. The third-order valence-electron chi connectivity index (χ3n) is 0.522. The van der Waals surface area contributed by atoms with Gasteiger partial charge in [-0.15, -0.1) is 0 Å². The average Bonchev–Trinajstić information content (AvgIpc) is 2.20. The van der Waals surface area contributed by atoms with Crippen LogP contribution in [0, 0.1) is 0 Å². The number of nitrogens with two attached hydrogens (primary N) is 1. The maximum Gasteiger partial charge on any atom is 0.290 e. The predicted molar refractivity (Wildman–Crippen MR) is 31.7 cm³/mol. The Morgan fingerprint density at radius 2 is 2.44 bits per heavy atom. The largest absolute Gasteiger partial charge is 0.483 e. The molecule has 0 amide bonds. The number of hydrogen-bond donors (Lipinski definition) is 3. The molecular formula is C4H7N3O2. The molecule has 0 saturated heterocycles. The summed E-state index contributed by atoms with van der Waals surface area (Å²) in [5, 5.41) is 13.0. The van der Waals surface area contributed by atoms with Crippen molar-refractivity contribution in [3.8, 4) is 0 Å². The Balaban J connectivity index is 0.000000187. The topological polar surface area (TPSA) is 92.0 Å². The van der Waals surface area contributed by atoms with Gasteiger partial charge >= 0.3 is 0 Å². The number of carboxylic acid groups (broad SMARTS) is 1. The lowest BCUT2D eigenvalue weighted by atomic mass is 10.7. The number of hydrogen-bond acceptors (Lipinski definition) is 3. The number of anilines is 1. The second kappa shape index (κ2) is 4.63. The van der Waals surface area contributed by atoms with Gasteiger partial charge in [-0.25, -0.2) is 0 Å². The van der Waals surface area contributed by atoms with Gasteiger partial charge in [0, 0.05) is 6.20 Å². The van der Waals surface area contributed by atoms with Crippen molar-refractivity contribution in [2.75, 3.05) is 5.73 Å². The number of nitrogen functional groups attached to an aromatic ring is 1. The first-order chi connectivity index (χ1) is 4.31. The number of nitrogens with one attached hydrogen (secondary N) is 1. The first-order valence-electron chi connectivity index (χ1n) is 2.14. The van der Waals surface area contributed by atoms with Gasteiger partial charge < -0.3 is 10.8 Å². The molecule has 0 aliphatic rings. The molecule has 0 bridgehead atoms. The van der Waals surface area contributed by atoms with E-state index in [0.717, 1.165) is 0 Å². The molecule has 0 saturated carbocycles. The minimum absolute atomic E-state index is 0.250. The molecule has 5 heteroatoms. The van der Waals surface area contributed by atoms with Gasteiger partial charge in [-0.2, -0.15) is 5.10 Å². The van der Waals surface area contributed by atoms with Crippen LogP contribution >= 0.6 is 0 Å². The normalized spacial score (nSPS) is 7.11. The highest BCUT2D eigenvalue weighted by Gasteiger charge is 1.75. The van der Waals surface area contributed by atoms with Crippen LogP contribution in [0.4, 0.5) is 5.82 Å². The van der Waals surface area contributed by atoms with E-state index in [1.165, 1.54) is 0 Å². The Morgan fingerprint density at radius 3 is 2.56 bits per heavy atom. The Bertz CT molecular complexity index is 149. The van der Waals surface area contributed by atoms with Crippen molar-refractivity contribution in [1.29, 1.82) is 0 Å². The van der Waals surface area contributed by atoms with Crippen molar-refractivity contribution in [1.82, 2.24) is 10.2 Å². The molecule has 1 rings (SSSR count). The standard InChI is InChI=1S/C3H5N3.CH2O2/c4-3-1-2-5-6-3;2-1-3/h1-2H,(H3,4,5,6);1H,(H,2,3). The summed E-state index contributed by atoms with van der Waals surface area (Å²) in [6.45, 7) is -0.250. The molecule has 0 aliphatic heterocycles. The van der Waals surface area contributed by atoms with E-state index in [0.29, 0.717) is 5.82 Å². The van der Waals surface area contributed by atoms with Crippen LogP contribution in [0.2, 0.25) is 0 Å². The average molecular weight is 129 g/mol. The quantitative estimate of drug-likeness (QED) is 0.419. The summed E-state index contributed by atoms with van der Waals surface area (Å²) < 4.78 is 0. The van der Waals surface area contributed by atoms with E-state index in [-0.39, 0.29) is 6.47 Å². The lowest BCUT2D eigenvalue weighted by Crippen LogP contribution is -1.81. The van der Waals surface area contributed by atoms with E-state index in [4.69, 9.17) is 15.6 Å². The molecule has 0 unspecified atom stereocenters. The highest BCUT2D eigenvalue weighted by atomic mass is 16.3. The molecule has 1 heterocycles. The van der Waals surface area contributed by atoms with E-state index < -0.39 is 0 Å². The molecule has 50 valence electrons. The zero-order chi connectivity index (χ0) is 7.11. The summed E-state index contributed by atoms with van der Waals surface area (Å²) in [6.07, 6.45) is 1.68. The van der Waals surface area contributed by atoms with E-state index >= 15 is 0 Å². The summed E-state index contributed by atoms with van der Waals surface area (Å²) in [5.41, 5.74) is 5.14. The van der Waals surface area contributed by atoms with Gasteiger partial charge in [0.15, 0.2) is 0 Å². The molecule has 5 nitrogen and oxygen atoms in total. The number of rotatable bonds is 0. The van der Waals surface area contributed by atoms with Crippen LogP contribution in [0.15, 0.2) is 12.3 Å². The van der Waals surface area contributed by atoms with Crippen molar-refractivity contribution in [3.05, 3.63) is 12.3 Å². The molecule has 9 heavy (non-hydrogen) atoms. The highest BCUT2D eigenvalue weighted by molar-refractivity contribution is 5.32. The van der Waals surface area contributed by atoms with Crippen molar-refractivity contribution in [2.24, 2.45) is 0 Å².